The molecule has 0 unspecified atom stereocenters. The molecular weight excluding hydrogens is 236 g/mol. The molecule has 0 fully saturated rings. The number of unbranched alkanes of at least 4 members (excludes halogenated alkanes) is 1. The number of carboxylic acid groups (broad SMARTS) is 1. The molecule has 0 aromatic carbocycles. The van der Waals surface area contributed by atoms with Gasteiger partial charge in [-0.25, -0.2) is 4.79 Å². The van der Waals surface area contributed by atoms with Crippen molar-refractivity contribution in [3.05, 3.63) is 0 Å². The van der Waals surface area contributed by atoms with E-state index in [1.165, 1.54) is 0 Å². The molecule has 0 aromatic rings. The maximum absolute atomic E-state index is 11.3. The summed E-state index contributed by atoms with van der Waals surface area (Å²) >= 11 is 0. The van der Waals surface area contributed by atoms with Crippen molar-refractivity contribution < 1.29 is 19.4 Å². The average molecular weight is 260 g/mol. The van der Waals surface area contributed by atoms with E-state index in [4.69, 9.17) is 15.6 Å². The van der Waals surface area contributed by atoms with Gasteiger partial charge in [-0.05, 0) is 33.6 Å². The Hall–Kier alpha value is -1.30. The smallest absolute Gasteiger partial charge is 0.407 e. The lowest BCUT2D eigenvalue weighted by Gasteiger charge is -2.19. The molecule has 0 aromatic heterocycles. The molecule has 4 N–H and O–H groups in total. The number of ether oxygens (including phenoxy) is 1. The second-order valence-electron chi connectivity index (χ2n) is 5.28. The summed E-state index contributed by atoms with van der Waals surface area (Å²) in [6.07, 6.45) is 1.73. The van der Waals surface area contributed by atoms with Crippen LogP contribution < -0.4 is 11.1 Å². The highest BCUT2D eigenvalue weighted by molar-refractivity contribution is 5.67. The van der Waals surface area contributed by atoms with E-state index in [9.17, 15) is 9.59 Å². The third-order valence-corrected chi connectivity index (χ3v) is 2.11. The molecule has 0 spiro atoms. The van der Waals surface area contributed by atoms with Gasteiger partial charge in [0, 0.05) is 12.6 Å². The molecule has 0 aliphatic heterocycles. The lowest BCUT2D eigenvalue weighted by atomic mass is 10.1. The Morgan fingerprint density at radius 2 is 1.94 bits per heavy atom. The first kappa shape index (κ1) is 16.7. The van der Waals surface area contributed by atoms with Gasteiger partial charge in [-0.15, -0.1) is 0 Å². The van der Waals surface area contributed by atoms with Crippen LogP contribution in [0.3, 0.4) is 0 Å². The topological polar surface area (TPSA) is 102 Å². The number of nitrogens with two attached hydrogens (primary N) is 1. The molecule has 0 heterocycles. The maximum Gasteiger partial charge on any atom is 0.407 e. The average Bonchev–Trinajstić information content (AvgIpc) is 2.12. The van der Waals surface area contributed by atoms with E-state index in [1.807, 2.05) is 0 Å². The van der Waals surface area contributed by atoms with E-state index >= 15 is 0 Å². The van der Waals surface area contributed by atoms with Crippen molar-refractivity contribution in [3.63, 3.8) is 0 Å². The Balaban J connectivity index is 3.51. The fraction of sp³-hybridized carbons (Fsp3) is 0.833. The lowest BCUT2D eigenvalue weighted by molar-refractivity contribution is -0.137. The molecule has 6 nitrogen and oxygen atoms in total. The van der Waals surface area contributed by atoms with Crippen LogP contribution in [0.25, 0.3) is 0 Å². The van der Waals surface area contributed by atoms with Gasteiger partial charge in [0.1, 0.15) is 5.60 Å². The van der Waals surface area contributed by atoms with Gasteiger partial charge in [0.2, 0.25) is 0 Å². The summed E-state index contributed by atoms with van der Waals surface area (Å²) < 4.78 is 5.07. The molecule has 0 aliphatic carbocycles. The molecule has 0 bridgehead atoms. The molecule has 0 rings (SSSR count). The predicted molar refractivity (Wildman–Crippen MR) is 68.3 cm³/mol. The molecule has 0 aliphatic rings. The van der Waals surface area contributed by atoms with Crippen LogP contribution >= 0.6 is 0 Å². The van der Waals surface area contributed by atoms with Gasteiger partial charge in [0.15, 0.2) is 0 Å². The van der Waals surface area contributed by atoms with Crippen molar-refractivity contribution in [2.24, 2.45) is 5.73 Å². The largest absolute Gasteiger partial charge is 0.481 e. The number of alkyl carbamates (subject to hydrolysis) is 1. The van der Waals surface area contributed by atoms with E-state index in [2.05, 4.69) is 5.32 Å². The van der Waals surface area contributed by atoms with Gasteiger partial charge in [-0.2, -0.15) is 0 Å². The molecule has 0 radical (unpaired) electrons. The second-order valence-corrected chi connectivity index (χ2v) is 5.28. The number of rotatable bonds is 7. The van der Waals surface area contributed by atoms with Crippen LogP contribution in [0.5, 0.6) is 0 Å². The first-order valence-corrected chi connectivity index (χ1v) is 6.15. The third kappa shape index (κ3) is 11.2. The maximum atomic E-state index is 11.3. The first-order valence-electron chi connectivity index (χ1n) is 6.15. The third-order valence-electron chi connectivity index (χ3n) is 2.11. The summed E-state index contributed by atoms with van der Waals surface area (Å²) in [5.41, 5.74) is 5.11. The number of carbonyl (C=O) groups is 2. The molecule has 0 saturated heterocycles. The number of aliphatic carboxylic acids is 1. The molecular formula is C12H24N2O4. The summed E-state index contributed by atoms with van der Waals surface area (Å²) in [5.74, 6) is -0.880. The van der Waals surface area contributed by atoms with Gasteiger partial charge in [0.25, 0.3) is 0 Å². The molecule has 1 atom stereocenters. The Kier molecular flexibility index (Phi) is 7.35. The molecule has 1 amide bonds. The van der Waals surface area contributed by atoms with Crippen molar-refractivity contribution in [3.8, 4) is 0 Å². The Morgan fingerprint density at radius 1 is 1.33 bits per heavy atom. The Morgan fingerprint density at radius 3 is 2.44 bits per heavy atom. The minimum absolute atomic E-state index is 0.0144. The number of carbonyl (C=O) groups excluding carboxylic acids is 1. The van der Waals surface area contributed by atoms with E-state index < -0.39 is 17.7 Å². The normalized spacial score (nSPS) is 12.9. The number of hydrogen-bond acceptors (Lipinski definition) is 4. The van der Waals surface area contributed by atoms with Gasteiger partial charge >= 0.3 is 12.1 Å². The number of hydrogen-bond donors (Lipinski definition) is 3. The van der Waals surface area contributed by atoms with Crippen LogP contribution in [0.2, 0.25) is 0 Å². The van der Waals surface area contributed by atoms with Gasteiger partial charge in [0.05, 0.1) is 6.42 Å². The van der Waals surface area contributed by atoms with Crippen LogP contribution in [0.4, 0.5) is 4.79 Å². The highest BCUT2D eigenvalue weighted by Crippen LogP contribution is 2.06. The number of nitrogens with one attached hydrogen (secondary N) is 1. The van der Waals surface area contributed by atoms with E-state index in [0.29, 0.717) is 13.0 Å². The van der Waals surface area contributed by atoms with Gasteiger partial charge in [-0.1, -0.05) is 6.42 Å². The van der Waals surface area contributed by atoms with E-state index in [1.54, 1.807) is 20.8 Å². The molecule has 18 heavy (non-hydrogen) atoms. The standard InChI is InChI=1S/C12H24N2O4/c1-12(2,3)18-11(17)14-7-5-4-6-9(13)8-10(15)16/h9H,4-8,13H2,1-3H3,(H,14,17)(H,15,16)/t9-/m1/s1. The molecule has 106 valence electrons. The number of amides is 1. The van der Waals surface area contributed by atoms with Gasteiger partial charge in [-0.3, -0.25) is 4.79 Å². The van der Waals surface area contributed by atoms with Crippen LogP contribution in [-0.2, 0) is 9.53 Å². The second kappa shape index (κ2) is 7.92. The van der Waals surface area contributed by atoms with E-state index in [0.717, 1.165) is 12.8 Å². The predicted octanol–water partition coefficient (Wildman–Crippen LogP) is 1.48. The van der Waals surface area contributed by atoms with Gasteiger partial charge < -0.3 is 20.9 Å². The minimum Gasteiger partial charge on any atom is -0.481 e. The summed E-state index contributed by atoms with van der Waals surface area (Å²) in [6, 6.07) is -0.316. The summed E-state index contributed by atoms with van der Waals surface area (Å²) in [7, 11) is 0. The summed E-state index contributed by atoms with van der Waals surface area (Å²) in [6.45, 7) is 5.92. The van der Waals surface area contributed by atoms with Crippen LogP contribution in [0.1, 0.15) is 46.5 Å². The minimum atomic E-state index is -0.880. The fourth-order valence-corrected chi connectivity index (χ4v) is 1.36. The monoisotopic (exact) mass is 260 g/mol. The summed E-state index contributed by atoms with van der Waals surface area (Å²) in [5, 5.41) is 11.1. The van der Waals surface area contributed by atoms with Crippen LogP contribution in [-0.4, -0.2) is 35.4 Å². The zero-order chi connectivity index (χ0) is 14.2. The van der Waals surface area contributed by atoms with Crippen molar-refractivity contribution in [1.82, 2.24) is 5.32 Å². The van der Waals surface area contributed by atoms with Crippen molar-refractivity contribution in [2.45, 2.75) is 58.1 Å². The SMILES string of the molecule is CC(C)(C)OC(=O)NCCCC[C@@H](N)CC(=O)O. The summed E-state index contributed by atoms with van der Waals surface area (Å²) in [4.78, 5) is 21.6. The van der Waals surface area contributed by atoms with Crippen molar-refractivity contribution in [2.75, 3.05) is 6.54 Å². The van der Waals surface area contributed by atoms with E-state index in [-0.39, 0.29) is 12.5 Å². The number of carboxylic acids is 1. The zero-order valence-electron chi connectivity index (χ0n) is 11.4. The van der Waals surface area contributed by atoms with Crippen LogP contribution in [0, 0.1) is 0 Å². The molecule has 0 saturated carbocycles. The van der Waals surface area contributed by atoms with Crippen molar-refractivity contribution in [1.29, 1.82) is 0 Å². The van der Waals surface area contributed by atoms with Crippen LogP contribution in [0.15, 0.2) is 0 Å². The fourth-order valence-electron chi connectivity index (χ4n) is 1.36. The Bertz CT molecular complexity index is 274. The van der Waals surface area contributed by atoms with Crippen molar-refractivity contribution >= 4 is 12.1 Å². The first-order chi connectivity index (χ1) is 8.20. The Labute approximate surface area is 108 Å². The quantitative estimate of drug-likeness (QED) is 0.602. The highest BCUT2D eigenvalue weighted by atomic mass is 16.6. The zero-order valence-corrected chi connectivity index (χ0v) is 11.4. The molecule has 6 heteroatoms. The highest BCUT2D eigenvalue weighted by Gasteiger charge is 2.15. The lowest BCUT2D eigenvalue weighted by Crippen LogP contribution is -2.33.